The molecule has 1 N–H and O–H groups in total. The molecule has 3 aromatic rings. The van der Waals surface area contributed by atoms with E-state index in [2.05, 4.69) is 15.4 Å². The zero-order valence-corrected chi connectivity index (χ0v) is 14.0. The summed E-state index contributed by atoms with van der Waals surface area (Å²) in [5, 5.41) is 8.73. The molecule has 120 valence electrons. The minimum atomic E-state index is -0.230. The Kier molecular flexibility index (Phi) is 4.09. The van der Waals surface area contributed by atoms with Gasteiger partial charge in [-0.3, -0.25) is 4.79 Å². The van der Waals surface area contributed by atoms with E-state index in [4.69, 9.17) is 11.6 Å². The van der Waals surface area contributed by atoms with Gasteiger partial charge in [0, 0.05) is 29.5 Å². The van der Waals surface area contributed by atoms with Gasteiger partial charge in [-0.05, 0) is 32.0 Å². The van der Waals surface area contributed by atoms with Crippen molar-refractivity contribution < 1.29 is 4.79 Å². The average Bonchev–Trinajstić information content (AvgIpc) is 3.12. The van der Waals surface area contributed by atoms with E-state index in [9.17, 15) is 4.79 Å². The Morgan fingerprint density at radius 2 is 2.17 bits per heavy atom. The van der Waals surface area contributed by atoms with Crippen LogP contribution in [0.2, 0.25) is 5.02 Å². The molecule has 0 aliphatic heterocycles. The number of nitrogens with one attached hydrogen (secondary N) is 1. The maximum Gasteiger partial charge on any atom is 0.268 e. The molecule has 1 atom stereocenters. The molecule has 3 rings (SSSR count). The molecule has 0 bridgehead atoms. The molecule has 0 saturated carbocycles. The molecule has 0 aliphatic carbocycles. The van der Waals surface area contributed by atoms with Crippen LogP contribution in [0.25, 0.3) is 10.9 Å². The third-order valence-corrected chi connectivity index (χ3v) is 4.16. The molecule has 1 unspecified atom stereocenters. The molecule has 23 heavy (non-hydrogen) atoms. The predicted molar refractivity (Wildman–Crippen MR) is 89.5 cm³/mol. The third-order valence-electron chi connectivity index (χ3n) is 3.92. The van der Waals surface area contributed by atoms with Crippen LogP contribution >= 0.6 is 11.6 Å². The van der Waals surface area contributed by atoms with Gasteiger partial charge in [0.05, 0.1) is 6.04 Å². The highest BCUT2D eigenvalue weighted by Crippen LogP contribution is 2.23. The van der Waals surface area contributed by atoms with Crippen LogP contribution in [-0.4, -0.2) is 25.2 Å². The number of hydrogen-bond donors (Lipinski definition) is 1. The molecule has 0 spiro atoms. The number of carbonyl (C=O) groups is 1. The molecular weight excluding hydrogens is 314 g/mol. The zero-order chi connectivity index (χ0) is 16.6. The standard InChI is InChI=1S/C16H18ClN5O/c1-4-22-15(18-9-19-22)10(2)20-16(23)14-7-11-5-6-12(17)8-13(11)21(14)3/h5-10H,4H2,1-3H3,(H,20,23). The molecule has 0 aliphatic rings. The third kappa shape index (κ3) is 2.82. The number of nitrogens with zero attached hydrogens (tertiary/aromatic N) is 4. The van der Waals surface area contributed by atoms with Gasteiger partial charge in [0.2, 0.25) is 0 Å². The smallest absolute Gasteiger partial charge is 0.268 e. The van der Waals surface area contributed by atoms with Gasteiger partial charge < -0.3 is 9.88 Å². The first-order valence-corrected chi connectivity index (χ1v) is 7.82. The Morgan fingerprint density at radius 1 is 1.39 bits per heavy atom. The van der Waals surface area contributed by atoms with Crippen LogP contribution in [-0.2, 0) is 13.6 Å². The van der Waals surface area contributed by atoms with Crippen LogP contribution in [0.1, 0.15) is 36.2 Å². The highest BCUT2D eigenvalue weighted by molar-refractivity contribution is 6.31. The molecule has 6 nitrogen and oxygen atoms in total. The van der Waals surface area contributed by atoms with E-state index < -0.39 is 0 Å². The van der Waals surface area contributed by atoms with Gasteiger partial charge in [-0.1, -0.05) is 17.7 Å². The van der Waals surface area contributed by atoms with Crippen LogP contribution in [0.5, 0.6) is 0 Å². The number of aromatic nitrogens is 4. The van der Waals surface area contributed by atoms with Gasteiger partial charge in [-0.15, -0.1) is 0 Å². The van der Waals surface area contributed by atoms with Crippen molar-refractivity contribution in [3.8, 4) is 0 Å². The maximum atomic E-state index is 12.6. The molecule has 1 amide bonds. The topological polar surface area (TPSA) is 64.7 Å². The summed E-state index contributed by atoms with van der Waals surface area (Å²) in [4.78, 5) is 16.8. The Morgan fingerprint density at radius 3 is 2.91 bits per heavy atom. The molecule has 0 radical (unpaired) electrons. The number of carbonyl (C=O) groups excluding carboxylic acids is 1. The fourth-order valence-corrected chi connectivity index (χ4v) is 2.87. The summed E-state index contributed by atoms with van der Waals surface area (Å²) in [6.07, 6.45) is 1.50. The summed E-state index contributed by atoms with van der Waals surface area (Å²) in [6, 6.07) is 7.21. The highest BCUT2D eigenvalue weighted by Gasteiger charge is 2.19. The monoisotopic (exact) mass is 331 g/mol. The normalized spacial score (nSPS) is 12.5. The van der Waals surface area contributed by atoms with Crippen molar-refractivity contribution in [1.29, 1.82) is 0 Å². The second kappa shape index (κ2) is 6.04. The number of halogens is 1. The largest absolute Gasteiger partial charge is 0.341 e. The first-order valence-electron chi connectivity index (χ1n) is 7.44. The average molecular weight is 332 g/mol. The zero-order valence-electron chi connectivity index (χ0n) is 13.2. The van der Waals surface area contributed by atoms with Crippen LogP contribution in [0, 0.1) is 0 Å². The number of benzene rings is 1. The lowest BCUT2D eigenvalue weighted by Crippen LogP contribution is -2.30. The summed E-state index contributed by atoms with van der Waals surface area (Å²) >= 11 is 6.03. The Bertz CT molecular complexity index is 867. The van der Waals surface area contributed by atoms with Crippen molar-refractivity contribution in [2.45, 2.75) is 26.4 Å². The van der Waals surface area contributed by atoms with E-state index >= 15 is 0 Å². The fraction of sp³-hybridized carbons (Fsp3) is 0.312. The van der Waals surface area contributed by atoms with Crippen molar-refractivity contribution in [3.63, 3.8) is 0 Å². The van der Waals surface area contributed by atoms with Crippen molar-refractivity contribution in [1.82, 2.24) is 24.6 Å². The molecule has 1 aromatic carbocycles. The van der Waals surface area contributed by atoms with E-state index in [0.717, 1.165) is 16.7 Å². The van der Waals surface area contributed by atoms with Crippen LogP contribution in [0.4, 0.5) is 0 Å². The number of amides is 1. The molecule has 2 aromatic heterocycles. The fourth-order valence-electron chi connectivity index (χ4n) is 2.71. The number of fused-ring (bicyclic) bond motifs is 1. The highest BCUT2D eigenvalue weighted by atomic mass is 35.5. The van der Waals surface area contributed by atoms with Crippen molar-refractivity contribution in [2.24, 2.45) is 7.05 Å². The van der Waals surface area contributed by atoms with Gasteiger partial charge in [0.25, 0.3) is 5.91 Å². The quantitative estimate of drug-likeness (QED) is 0.799. The van der Waals surface area contributed by atoms with Crippen LogP contribution < -0.4 is 5.32 Å². The van der Waals surface area contributed by atoms with Gasteiger partial charge in [-0.25, -0.2) is 9.67 Å². The lowest BCUT2D eigenvalue weighted by Gasteiger charge is -2.14. The van der Waals surface area contributed by atoms with E-state index in [1.165, 1.54) is 6.33 Å². The first kappa shape index (κ1) is 15.6. The second-order valence-corrected chi connectivity index (χ2v) is 5.86. The lowest BCUT2D eigenvalue weighted by molar-refractivity contribution is 0.0929. The molecule has 0 saturated heterocycles. The number of hydrogen-bond acceptors (Lipinski definition) is 3. The summed E-state index contributed by atoms with van der Waals surface area (Å²) < 4.78 is 3.61. The lowest BCUT2D eigenvalue weighted by atomic mass is 10.2. The Hall–Kier alpha value is -2.34. The summed E-state index contributed by atoms with van der Waals surface area (Å²) in [5.74, 6) is 0.584. The van der Waals surface area contributed by atoms with Crippen LogP contribution in [0.15, 0.2) is 30.6 Å². The van der Waals surface area contributed by atoms with Gasteiger partial charge in [0.15, 0.2) is 0 Å². The Labute approximate surface area is 139 Å². The molecule has 0 fully saturated rings. The van der Waals surface area contributed by atoms with Crippen molar-refractivity contribution >= 4 is 28.4 Å². The first-order chi connectivity index (χ1) is 11.0. The van der Waals surface area contributed by atoms with Gasteiger partial charge >= 0.3 is 0 Å². The molecule has 7 heteroatoms. The predicted octanol–water partition coefficient (Wildman–Crippen LogP) is 2.93. The summed E-state index contributed by atoms with van der Waals surface area (Å²) in [6.45, 7) is 4.59. The number of aryl methyl sites for hydroxylation is 2. The Balaban J connectivity index is 1.87. The molecular formula is C16H18ClN5O. The van der Waals surface area contributed by atoms with Crippen molar-refractivity contribution in [3.05, 3.63) is 47.1 Å². The van der Waals surface area contributed by atoms with Gasteiger partial charge in [0.1, 0.15) is 17.8 Å². The second-order valence-electron chi connectivity index (χ2n) is 5.42. The van der Waals surface area contributed by atoms with E-state index in [1.54, 1.807) is 4.68 Å². The van der Waals surface area contributed by atoms with Crippen LogP contribution in [0.3, 0.4) is 0 Å². The summed E-state index contributed by atoms with van der Waals surface area (Å²) in [7, 11) is 1.85. The van der Waals surface area contributed by atoms with E-state index in [1.807, 2.05) is 49.7 Å². The SMILES string of the molecule is CCn1ncnc1C(C)NC(=O)c1cc2ccc(Cl)cc2n1C. The summed E-state index contributed by atoms with van der Waals surface area (Å²) in [5.41, 5.74) is 1.50. The van der Waals surface area contributed by atoms with Crippen molar-refractivity contribution in [2.75, 3.05) is 0 Å². The minimum Gasteiger partial charge on any atom is -0.341 e. The van der Waals surface area contributed by atoms with Gasteiger partial charge in [-0.2, -0.15) is 5.10 Å². The number of rotatable bonds is 4. The van der Waals surface area contributed by atoms with E-state index in [-0.39, 0.29) is 11.9 Å². The van der Waals surface area contributed by atoms with E-state index in [0.29, 0.717) is 17.3 Å². The maximum absolute atomic E-state index is 12.6. The molecule has 2 heterocycles. The minimum absolute atomic E-state index is 0.155.